The van der Waals surface area contributed by atoms with Crippen LogP contribution >= 0.6 is 11.6 Å². The third-order valence-electron chi connectivity index (χ3n) is 3.00. The number of hydrogen-bond donors (Lipinski definition) is 0. The Morgan fingerprint density at radius 2 is 2.11 bits per heavy atom. The van der Waals surface area contributed by atoms with Gasteiger partial charge in [0.15, 0.2) is 5.78 Å². The van der Waals surface area contributed by atoms with Crippen molar-refractivity contribution in [3.8, 4) is 0 Å². The van der Waals surface area contributed by atoms with Crippen LogP contribution in [0.15, 0.2) is 18.2 Å². The Hall–Kier alpha value is -1.68. The highest BCUT2D eigenvalue weighted by atomic mass is 35.5. The molecule has 0 saturated carbocycles. The number of amides is 2. The lowest BCUT2D eigenvalue weighted by Gasteiger charge is -2.23. The second-order valence-corrected chi connectivity index (χ2v) is 4.55. The Morgan fingerprint density at radius 1 is 1.39 bits per heavy atom. The molecule has 2 rings (SSSR count). The Kier molecular flexibility index (Phi) is 3.48. The van der Waals surface area contributed by atoms with Crippen LogP contribution in [0.3, 0.4) is 0 Å². The first-order valence-corrected chi connectivity index (χ1v) is 6.11. The van der Waals surface area contributed by atoms with Crippen molar-refractivity contribution in [2.24, 2.45) is 0 Å². The summed E-state index contributed by atoms with van der Waals surface area (Å²) in [5.41, 5.74) is 1.56. The van der Waals surface area contributed by atoms with E-state index in [0.717, 1.165) is 4.90 Å². The molecule has 0 unspecified atom stereocenters. The van der Waals surface area contributed by atoms with Gasteiger partial charge in [0.1, 0.15) is 0 Å². The molecule has 1 aliphatic rings. The molecule has 1 aromatic rings. The number of rotatable bonds is 3. The summed E-state index contributed by atoms with van der Waals surface area (Å²) < 4.78 is 0. The molecule has 0 N–H and O–H groups in total. The molecule has 0 radical (unpaired) electrons. The van der Waals surface area contributed by atoms with Gasteiger partial charge in [-0.05, 0) is 11.6 Å². The fraction of sp³-hybridized carbons (Fsp3) is 0.308. The summed E-state index contributed by atoms with van der Waals surface area (Å²) >= 11 is 5.52. The highest BCUT2D eigenvalue weighted by Crippen LogP contribution is 2.21. The number of carbonyl (C=O) groups is 3. The summed E-state index contributed by atoms with van der Waals surface area (Å²) in [6, 6.07) is 4.86. The molecule has 0 aliphatic carbocycles. The smallest absolute Gasteiger partial charge is 0.260 e. The standard InChI is InChI=1S/C13H12ClNO3/c1-15-12(17)7-8-2-3-9(11(16)4-5-14)6-10(8)13(15)18/h2-3,6H,4-5,7H2,1H3. The van der Waals surface area contributed by atoms with Gasteiger partial charge in [-0.25, -0.2) is 0 Å². The highest BCUT2D eigenvalue weighted by Gasteiger charge is 2.28. The predicted molar refractivity (Wildman–Crippen MR) is 66.9 cm³/mol. The van der Waals surface area contributed by atoms with Gasteiger partial charge in [-0.1, -0.05) is 12.1 Å². The van der Waals surface area contributed by atoms with Crippen molar-refractivity contribution in [2.75, 3.05) is 12.9 Å². The number of carbonyl (C=O) groups excluding carboxylic acids is 3. The molecule has 1 aromatic carbocycles. The first kappa shape index (κ1) is 12.8. The van der Waals surface area contributed by atoms with E-state index >= 15 is 0 Å². The Balaban J connectivity index is 2.41. The third kappa shape index (κ3) is 2.16. The average Bonchev–Trinajstić information content (AvgIpc) is 2.36. The Morgan fingerprint density at radius 3 is 2.78 bits per heavy atom. The van der Waals surface area contributed by atoms with Gasteiger partial charge < -0.3 is 0 Å². The average molecular weight is 266 g/mol. The molecular weight excluding hydrogens is 254 g/mol. The zero-order chi connectivity index (χ0) is 13.3. The number of fused-ring (bicyclic) bond motifs is 1. The minimum absolute atomic E-state index is 0.0971. The van der Waals surface area contributed by atoms with E-state index in [4.69, 9.17) is 11.6 Å². The van der Waals surface area contributed by atoms with Gasteiger partial charge in [0, 0.05) is 30.5 Å². The van der Waals surface area contributed by atoms with Crippen LogP contribution < -0.4 is 0 Å². The first-order chi connectivity index (χ1) is 8.54. The minimum atomic E-state index is -0.359. The molecule has 0 bridgehead atoms. The molecular formula is C13H12ClNO3. The predicted octanol–water partition coefficient (Wildman–Crippen LogP) is 1.65. The molecule has 94 valence electrons. The van der Waals surface area contributed by atoms with E-state index in [9.17, 15) is 14.4 Å². The Labute approximate surface area is 110 Å². The molecule has 2 amide bonds. The molecule has 5 heteroatoms. The number of Topliss-reactive ketones (excluding diaryl/α,β-unsaturated/α-hetero) is 1. The number of alkyl halides is 1. The van der Waals surface area contributed by atoms with E-state index in [1.54, 1.807) is 18.2 Å². The zero-order valence-corrected chi connectivity index (χ0v) is 10.7. The van der Waals surface area contributed by atoms with Crippen LogP contribution in [0.2, 0.25) is 0 Å². The van der Waals surface area contributed by atoms with Crippen LogP contribution in [0.25, 0.3) is 0 Å². The van der Waals surface area contributed by atoms with E-state index in [0.29, 0.717) is 16.7 Å². The molecule has 1 heterocycles. The third-order valence-corrected chi connectivity index (χ3v) is 3.19. The molecule has 4 nitrogen and oxygen atoms in total. The summed E-state index contributed by atoms with van der Waals surface area (Å²) in [6.07, 6.45) is 0.435. The normalized spacial score (nSPS) is 14.7. The zero-order valence-electron chi connectivity index (χ0n) is 9.90. The number of halogens is 1. The van der Waals surface area contributed by atoms with Crippen molar-refractivity contribution >= 4 is 29.2 Å². The van der Waals surface area contributed by atoms with Crippen LogP contribution in [0.4, 0.5) is 0 Å². The van der Waals surface area contributed by atoms with Gasteiger partial charge in [0.05, 0.1) is 6.42 Å². The van der Waals surface area contributed by atoms with Crippen molar-refractivity contribution in [3.05, 3.63) is 34.9 Å². The molecule has 0 spiro atoms. The maximum atomic E-state index is 11.9. The first-order valence-electron chi connectivity index (χ1n) is 5.57. The van der Waals surface area contributed by atoms with Crippen LogP contribution in [0.5, 0.6) is 0 Å². The summed E-state index contributed by atoms with van der Waals surface area (Å²) in [5, 5.41) is 0. The van der Waals surface area contributed by atoms with E-state index < -0.39 is 0 Å². The molecule has 0 fully saturated rings. The molecule has 18 heavy (non-hydrogen) atoms. The van der Waals surface area contributed by atoms with Crippen LogP contribution in [0.1, 0.15) is 32.7 Å². The lowest BCUT2D eigenvalue weighted by Crippen LogP contribution is -2.39. The van der Waals surface area contributed by atoms with Crippen LogP contribution in [0, 0.1) is 0 Å². The summed E-state index contributed by atoms with van der Waals surface area (Å²) in [5.74, 6) is -0.434. The summed E-state index contributed by atoms with van der Waals surface area (Å²) in [6.45, 7) is 0. The van der Waals surface area contributed by atoms with Crippen molar-refractivity contribution in [1.29, 1.82) is 0 Å². The molecule has 1 aliphatic heterocycles. The lowest BCUT2D eigenvalue weighted by atomic mass is 9.95. The minimum Gasteiger partial charge on any atom is -0.294 e. The second-order valence-electron chi connectivity index (χ2n) is 4.17. The maximum absolute atomic E-state index is 11.9. The number of nitrogens with zero attached hydrogens (tertiary/aromatic N) is 1. The monoisotopic (exact) mass is 265 g/mol. The lowest BCUT2D eigenvalue weighted by molar-refractivity contribution is -0.127. The number of ketones is 1. The van der Waals surface area contributed by atoms with Crippen LogP contribution in [-0.4, -0.2) is 35.4 Å². The molecule has 0 aromatic heterocycles. The van der Waals surface area contributed by atoms with Gasteiger partial charge in [0.2, 0.25) is 5.91 Å². The topological polar surface area (TPSA) is 54.5 Å². The van der Waals surface area contributed by atoms with Gasteiger partial charge in [0.25, 0.3) is 5.91 Å². The maximum Gasteiger partial charge on any atom is 0.260 e. The SMILES string of the molecule is CN1C(=O)Cc2ccc(C(=O)CCCl)cc2C1=O. The van der Waals surface area contributed by atoms with E-state index in [2.05, 4.69) is 0 Å². The fourth-order valence-corrected chi connectivity index (χ4v) is 2.08. The van der Waals surface area contributed by atoms with Crippen molar-refractivity contribution < 1.29 is 14.4 Å². The number of benzene rings is 1. The van der Waals surface area contributed by atoms with E-state index in [1.165, 1.54) is 7.05 Å². The summed E-state index contributed by atoms with van der Waals surface area (Å²) in [7, 11) is 1.45. The second kappa shape index (κ2) is 4.90. The van der Waals surface area contributed by atoms with Gasteiger partial charge in [-0.3, -0.25) is 19.3 Å². The number of imide groups is 1. The highest BCUT2D eigenvalue weighted by molar-refractivity contribution is 6.19. The quantitative estimate of drug-likeness (QED) is 0.474. The number of likely N-dealkylation sites (N-methyl/N-ethyl adjacent to an activating group) is 1. The van der Waals surface area contributed by atoms with Gasteiger partial charge in [-0.15, -0.1) is 11.6 Å². The largest absolute Gasteiger partial charge is 0.294 e. The molecule has 0 saturated heterocycles. The van der Waals surface area contributed by atoms with Gasteiger partial charge in [-0.2, -0.15) is 0 Å². The van der Waals surface area contributed by atoms with E-state index in [1.807, 2.05) is 0 Å². The van der Waals surface area contributed by atoms with Crippen molar-refractivity contribution in [2.45, 2.75) is 12.8 Å². The molecule has 0 atom stereocenters. The van der Waals surface area contributed by atoms with E-state index in [-0.39, 0.29) is 36.3 Å². The van der Waals surface area contributed by atoms with Crippen LogP contribution in [-0.2, 0) is 11.2 Å². The van der Waals surface area contributed by atoms with Crippen molar-refractivity contribution in [1.82, 2.24) is 4.90 Å². The fourth-order valence-electron chi connectivity index (χ4n) is 1.91. The van der Waals surface area contributed by atoms with Gasteiger partial charge >= 0.3 is 0 Å². The number of hydrogen-bond acceptors (Lipinski definition) is 3. The summed E-state index contributed by atoms with van der Waals surface area (Å²) in [4.78, 5) is 36.2. The van der Waals surface area contributed by atoms with Crippen molar-refractivity contribution in [3.63, 3.8) is 0 Å². The Bertz CT molecular complexity index is 539.